The van der Waals surface area contributed by atoms with Crippen LogP contribution < -0.4 is 4.72 Å². The molecule has 0 fully saturated rings. The van der Waals surface area contributed by atoms with Crippen LogP contribution >= 0.6 is 11.6 Å². The molecule has 0 spiro atoms. The van der Waals surface area contributed by atoms with Crippen molar-refractivity contribution >= 4 is 33.1 Å². The summed E-state index contributed by atoms with van der Waals surface area (Å²) in [4.78, 5) is 9.91. The van der Waals surface area contributed by atoms with Gasteiger partial charge in [-0.05, 0) is 11.6 Å². The summed E-state index contributed by atoms with van der Waals surface area (Å²) in [5, 5.41) is 15.1. The fourth-order valence-corrected chi connectivity index (χ4v) is 3.58. The average Bonchev–Trinajstić information content (AvgIpc) is 2.94. The molecule has 0 aliphatic carbocycles. The third-order valence-corrected chi connectivity index (χ3v) is 5.09. The summed E-state index contributed by atoms with van der Waals surface area (Å²) < 4.78 is 28.7. The van der Waals surface area contributed by atoms with Gasteiger partial charge in [0.25, 0.3) is 15.7 Å². The van der Waals surface area contributed by atoms with E-state index in [1.807, 2.05) is 30.3 Å². The largest absolute Gasteiger partial charge is 0.270 e. The zero-order chi connectivity index (χ0) is 18.7. The summed E-state index contributed by atoms with van der Waals surface area (Å²) in [6.45, 7) is 0.416. The molecular formula is C16H13ClN4O4S. The number of nitro benzene ring substituents is 1. The lowest BCUT2D eigenvalue weighted by Crippen LogP contribution is -2.14. The van der Waals surface area contributed by atoms with Gasteiger partial charge >= 0.3 is 0 Å². The maximum atomic E-state index is 12.5. The Labute approximate surface area is 154 Å². The molecule has 0 unspecified atom stereocenters. The molecule has 0 saturated carbocycles. The molecule has 0 saturated heterocycles. The van der Waals surface area contributed by atoms with Crippen LogP contribution in [0.4, 0.5) is 11.5 Å². The summed E-state index contributed by atoms with van der Waals surface area (Å²) in [6, 6.07) is 14.2. The Balaban J connectivity index is 1.84. The van der Waals surface area contributed by atoms with Crippen molar-refractivity contribution in [3.8, 4) is 0 Å². The summed E-state index contributed by atoms with van der Waals surface area (Å²) >= 11 is 6.07. The van der Waals surface area contributed by atoms with Crippen LogP contribution in [-0.4, -0.2) is 23.1 Å². The van der Waals surface area contributed by atoms with E-state index in [9.17, 15) is 18.5 Å². The van der Waals surface area contributed by atoms with E-state index in [0.717, 1.165) is 11.6 Å². The lowest BCUT2D eigenvalue weighted by Gasteiger charge is -2.06. The van der Waals surface area contributed by atoms with Gasteiger partial charge in [-0.15, -0.1) is 0 Å². The minimum Gasteiger partial charge on any atom is -0.265 e. The average molecular weight is 393 g/mol. The van der Waals surface area contributed by atoms with Crippen LogP contribution in [0.3, 0.4) is 0 Å². The van der Waals surface area contributed by atoms with Gasteiger partial charge in [0.15, 0.2) is 5.82 Å². The first-order valence-corrected chi connectivity index (χ1v) is 9.25. The van der Waals surface area contributed by atoms with Gasteiger partial charge in [-0.3, -0.25) is 19.5 Å². The number of sulfonamides is 1. The van der Waals surface area contributed by atoms with Crippen LogP contribution in [0.2, 0.25) is 5.02 Å². The molecule has 2 aromatic carbocycles. The lowest BCUT2D eigenvalue weighted by atomic mass is 10.2. The second-order valence-corrected chi connectivity index (χ2v) is 7.46. The van der Waals surface area contributed by atoms with Crippen LogP contribution in [0.1, 0.15) is 5.56 Å². The molecule has 0 bridgehead atoms. The number of hydrogen-bond acceptors (Lipinski definition) is 5. The third kappa shape index (κ3) is 4.01. The Morgan fingerprint density at radius 3 is 2.58 bits per heavy atom. The number of nitrogens with one attached hydrogen (secondary N) is 1. The molecule has 0 atom stereocenters. The highest BCUT2D eigenvalue weighted by atomic mass is 35.5. The molecule has 134 valence electrons. The Morgan fingerprint density at radius 1 is 1.15 bits per heavy atom. The molecule has 0 radical (unpaired) electrons. The number of anilines is 1. The Kier molecular flexibility index (Phi) is 4.92. The van der Waals surface area contributed by atoms with E-state index >= 15 is 0 Å². The number of nitro groups is 1. The van der Waals surface area contributed by atoms with Gasteiger partial charge in [0.05, 0.1) is 16.4 Å². The van der Waals surface area contributed by atoms with Gasteiger partial charge in [0.1, 0.15) is 5.02 Å². The van der Waals surface area contributed by atoms with Crippen molar-refractivity contribution in [3.63, 3.8) is 0 Å². The van der Waals surface area contributed by atoms with E-state index in [0.29, 0.717) is 6.54 Å². The second-order valence-electron chi connectivity index (χ2n) is 5.37. The van der Waals surface area contributed by atoms with Gasteiger partial charge < -0.3 is 0 Å². The molecule has 3 rings (SSSR count). The standard InChI is InChI=1S/C16H13ClN4O4S/c17-15-11-20(10-12-5-2-1-3-6-12)18-16(15)19-26(24,25)14-8-4-7-13(9-14)21(22)23/h1-9,11H,10H2,(H,18,19). The van der Waals surface area contributed by atoms with Gasteiger partial charge in [-0.25, -0.2) is 8.42 Å². The molecule has 1 aromatic heterocycles. The van der Waals surface area contributed by atoms with E-state index in [1.54, 1.807) is 0 Å². The van der Waals surface area contributed by atoms with Crippen LogP contribution in [0.5, 0.6) is 0 Å². The predicted octanol–water partition coefficient (Wildman–Crippen LogP) is 3.29. The molecule has 0 aliphatic heterocycles. The smallest absolute Gasteiger partial charge is 0.265 e. The van der Waals surface area contributed by atoms with E-state index in [4.69, 9.17) is 11.6 Å². The third-order valence-electron chi connectivity index (χ3n) is 3.47. The van der Waals surface area contributed by atoms with Crippen molar-refractivity contribution in [2.45, 2.75) is 11.4 Å². The number of nitrogens with zero attached hydrogens (tertiary/aromatic N) is 3. The molecule has 1 N–H and O–H groups in total. The van der Waals surface area contributed by atoms with E-state index in [-0.39, 0.29) is 21.4 Å². The normalized spacial score (nSPS) is 11.3. The fourth-order valence-electron chi connectivity index (χ4n) is 2.27. The van der Waals surface area contributed by atoms with E-state index in [2.05, 4.69) is 9.82 Å². The van der Waals surface area contributed by atoms with Crippen molar-refractivity contribution in [2.75, 3.05) is 4.72 Å². The number of hydrogen-bond donors (Lipinski definition) is 1. The van der Waals surface area contributed by atoms with Crippen molar-refractivity contribution in [1.29, 1.82) is 0 Å². The first-order chi connectivity index (χ1) is 12.3. The topological polar surface area (TPSA) is 107 Å². The maximum Gasteiger partial charge on any atom is 0.270 e. The highest BCUT2D eigenvalue weighted by molar-refractivity contribution is 7.92. The summed E-state index contributed by atoms with van der Waals surface area (Å²) in [5.74, 6) is -0.0471. The summed E-state index contributed by atoms with van der Waals surface area (Å²) in [7, 11) is -4.07. The summed E-state index contributed by atoms with van der Waals surface area (Å²) in [6.07, 6.45) is 1.50. The fraction of sp³-hybridized carbons (Fsp3) is 0.0625. The van der Waals surface area contributed by atoms with Gasteiger partial charge in [-0.2, -0.15) is 5.10 Å². The highest BCUT2D eigenvalue weighted by Crippen LogP contribution is 2.24. The summed E-state index contributed by atoms with van der Waals surface area (Å²) in [5.41, 5.74) is 0.647. The number of benzene rings is 2. The predicted molar refractivity (Wildman–Crippen MR) is 96.7 cm³/mol. The Morgan fingerprint density at radius 2 is 1.88 bits per heavy atom. The molecular weight excluding hydrogens is 380 g/mol. The minimum atomic E-state index is -4.07. The number of rotatable bonds is 6. The zero-order valence-electron chi connectivity index (χ0n) is 13.2. The highest BCUT2D eigenvalue weighted by Gasteiger charge is 2.20. The van der Waals surface area contributed by atoms with Gasteiger partial charge in [-0.1, -0.05) is 48.0 Å². The molecule has 0 amide bonds. The van der Waals surface area contributed by atoms with Crippen molar-refractivity contribution in [1.82, 2.24) is 9.78 Å². The number of halogens is 1. The first-order valence-electron chi connectivity index (χ1n) is 7.39. The van der Waals surface area contributed by atoms with Crippen LogP contribution in [0.25, 0.3) is 0 Å². The minimum absolute atomic E-state index is 0.0471. The van der Waals surface area contributed by atoms with Crippen molar-refractivity contribution < 1.29 is 13.3 Å². The molecule has 1 heterocycles. The van der Waals surface area contributed by atoms with Crippen LogP contribution in [0, 0.1) is 10.1 Å². The quantitative estimate of drug-likeness (QED) is 0.511. The van der Waals surface area contributed by atoms with Crippen molar-refractivity contribution in [3.05, 3.63) is 81.5 Å². The second kappa shape index (κ2) is 7.14. The van der Waals surface area contributed by atoms with Crippen LogP contribution in [-0.2, 0) is 16.6 Å². The number of non-ortho nitro benzene ring substituents is 1. The van der Waals surface area contributed by atoms with E-state index in [1.165, 1.54) is 29.1 Å². The zero-order valence-corrected chi connectivity index (χ0v) is 14.8. The van der Waals surface area contributed by atoms with E-state index < -0.39 is 14.9 Å². The van der Waals surface area contributed by atoms with Gasteiger partial charge in [0, 0.05) is 18.3 Å². The Bertz CT molecular complexity index is 1050. The molecule has 8 nitrogen and oxygen atoms in total. The molecule has 3 aromatic rings. The molecule has 0 aliphatic rings. The first kappa shape index (κ1) is 17.9. The maximum absolute atomic E-state index is 12.5. The monoisotopic (exact) mass is 392 g/mol. The number of aromatic nitrogens is 2. The molecule has 10 heteroatoms. The van der Waals surface area contributed by atoms with Crippen molar-refractivity contribution in [2.24, 2.45) is 0 Å². The lowest BCUT2D eigenvalue weighted by molar-refractivity contribution is -0.385. The van der Waals surface area contributed by atoms with Crippen LogP contribution in [0.15, 0.2) is 65.7 Å². The molecule has 26 heavy (non-hydrogen) atoms. The SMILES string of the molecule is O=[N+]([O-])c1cccc(S(=O)(=O)Nc2nn(Cc3ccccc3)cc2Cl)c1. The Hall–Kier alpha value is -2.91. The van der Waals surface area contributed by atoms with Gasteiger partial charge in [0.2, 0.25) is 0 Å².